The Kier molecular flexibility index (Phi) is 17.0. The first-order valence-corrected chi connectivity index (χ1v) is 12.6. The molecule has 8 nitrogen and oxygen atoms in total. The number of aliphatic hydroxyl groups is 4. The van der Waals surface area contributed by atoms with E-state index in [1.165, 1.54) is 64.2 Å². The number of aliphatic hydroxyl groups excluding tert-OH is 4. The minimum Gasteiger partial charge on any atom is -0.454 e. The zero-order valence-corrected chi connectivity index (χ0v) is 19.8. The third-order valence-electron chi connectivity index (χ3n) is 5.94. The molecule has 0 aromatic rings. The van der Waals surface area contributed by atoms with Crippen LogP contribution in [0.4, 0.5) is 0 Å². The molecule has 4 atom stereocenters. The number of rotatable bonds is 20. The molecule has 0 bridgehead atoms. The minimum atomic E-state index is -1.69. The number of ether oxygens (including phenoxy) is 3. The maximum Gasteiger partial charge on any atom is 0.306 e. The topological polar surface area (TPSA) is 126 Å². The highest BCUT2D eigenvalue weighted by atomic mass is 16.7. The Labute approximate surface area is 193 Å². The maximum atomic E-state index is 12.2. The Morgan fingerprint density at radius 1 is 0.812 bits per heavy atom. The Bertz CT molecular complexity index is 455. The summed E-state index contributed by atoms with van der Waals surface area (Å²) in [4.78, 5) is 12.2. The molecule has 1 fully saturated rings. The van der Waals surface area contributed by atoms with Crippen molar-refractivity contribution in [2.45, 2.75) is 128 Å². The summed E-state index contributed by atoms with van der Waals surface area (Å²) >= 11 is 0. The van der Waals surface area contributed by atoms with Crippen molar-refractivity contribution in [2.75, 3.05) is 19.8 Å². The molecule has 0 aliphatic carbocycles. The van der Waals surface area contributed by atoms with E-state index >= 15 is 0 Å². The van der Waals surface area contributed by atoms with Crippen LogP contribution in [0.2, 0.25) is 0 Å². The number of hydrogen-bond acceptors (Lipinski definition) is 8. The summed E-state index contributed by atoms with van der Waals surface area (Å²) in [5.41, 5.74) is 0. The second kappa shape index (κ2) is 18.6. The standard InChI is InChI=1S/C24H46O8/c1-2-3-4-5-6-7-8-9-10-11-12-13-14-15-20(27)32-23(24-30-16-17-31-24)22(29)21(28)19(26)18-25/h19,21-26,28-29H,2-18H2,1H3/t19-,21-,22+,23-/m1/s1. The summed E-state index contributed by atoms with van der Waals surface area (Å²) in [5, 5.41) is 38.8. The molecule has 8 heteroatoms. The Morgan fingerprint density at radius 2 is 1.28 bits per heavy atom. The molecule has 1 rings (SSSR count). The van der Waals surface area contributed by atoms with Gasteiger partial charge in [0.1, 0.15) is 18.3 Å². The predicted octanol–water partition coefficient (Wildman–Crippen LogP) is 2.83. The first kappa shape index (κ1) is 29.3. The average Bonchev–Trinajstić information content (AvgIpc) is 3.33. The summed E-state index contributed by atoms with van der Waals surface area (Å²) in [5.74, 6) is -0.512. The molecular formula is C24H46O8. The van der Waals surface area contributed by atoms with Crippen molar-refractivity contribution in [1.82, 2.24) is 0 Å². The molecule has 0 saturated carbocycles. The first-order valence-electron chi connectivity index (χ1n) is 12.6. The van der Waals surface area contributed by atoms with Gasteiger partial charge in [0.05, 0.1) is 19.8 Å². The quantitative estimate of drug-likeness (QED) is 0.161. The van der Waals surface area contributed by atoms with Crippen molar-refractivity contribution in [2.24, 2.45) is 0 Å². The second-order valence-corrected chi connectivity index (χ2v) is 8.79. The van der Waals surface area contributed by atoms with Crippen molar-refractivity contribution in [3.05, 3.63) is 0 Å². The van der Waals surface area contributed by atoms with Crippen molar-refractivity contribution in [3.63, 3.8) is 0 Å². The van der Waals surface area contributed by atoms with Crippen LogP contribution in [-0.2, 0) is 19.0 Å². The molecule has 1 heterocycles. The number of hydrogen-bond donors (Lipinski definition) is 4. The van der Waals surface area contributed by atoms with Gasteiger partial charge in [0.2, 0.25) is 0 Å². The summed E-state index contributed by atoms with van der Waals surface area (Å²) in [7, 11) is 0. The number of esters is 1. The molecule has 4 N–H and O–H groups in total. The van der Waals surface area contributed by atoms with Crippen molar-refractivity contribution >= 4 is 5.97 Å². The van der Waals surface area contributed by atoms with E-state index in [0.29, 0.717) is 6.42 Å². The summed E-state index contributed by atoms with van der Waals surface area (Å²) in [6.45, 7) is 2.07. The zero-order chi connectivity index (χ0) is 23.6. The van der Waals surface area contributed by atoms with Gasteiger partial charge in [-0.1, -0.05) is 84.0 Å². The molecule has 0 radical (unpaired) electrons. The van der Waals surface area contributed by atoms with E-state index in [4.69, 9.17) is 19.3 Å². The van der Waals surface area contributed by atoms with Gasteiger partial charge >= 0.3 is 5.97 Å². The largest absolute Gasteiger partial charge is 0.454 e. The Hall–Kier alpha value is -0.770. The SMILES string of the molecule is CCCCCCCCCCCCCCCC(=O)O[C@@H](C1OCCO1)[C@@H](O)[C@H](O)[C@H](O)CO. The van der Waals surface area contributed by atoms with Crippen LogP contribution in [0, 0.1) is 0 Å². The predicted molar refractivity (Wildman–Crippen MR) is 121 cm³/mol. The minimum absolute atomic E-state index is 0.201. The molecule has 1 saturated heterocycles. The van der Waals surface area contributed by atoms with Crippen LogP contribution in [0.15, 0.2) is 0 Å². The fourth-order valence-electron chi connectivity index (χ4n) is 3.88. The van der Waals surface area contributed by atoms with Crippen molar-refractivity contribution in [1.29, 1.82) is 0 Å². The van der Waals surface area contributed by atoms with Gasteiger partial charge in [-0.05, 0) is 6.42 Å². The van der Waals surface area contributed by atoms with Gasteiger partial charge in [-0.3, -0.25) is 4.79 Å². The smallest absolute Gasteiger partial charge is 0.306 e. The lowest BCUT2D eigenvalue weighted by Gasteiger charge is -2.31. The highest BCUT2D eigenvalue weighted by Crippen LogP contribution is 2.20. The van der Waals surface area contributed by atoms with Crippen molar-refractivity contribution < 1.29 is 39.4 Å². The number of carbonyl (C=O) groups excluding carboxylic acids is 1. The monoisotopic (exact) mass is 462 g/mol. The summed E-state index contributed by atoms with van der Waals surface area (Å²) < 4.78 is 15.9. The molecule has 0 aromatic heterocycles. The summed E-state index contributed by atoms with van der Waals surface area (Å²) in [6.07, 6.45) is 8.76. The van der Waals surface area contributed by atoms with E-state index in [1.807, 2.05) is 0 Å². The molecular weight excluding hydrogens is 416 g/mol. The van der Waals surface area contributed by atoms with Gasteiger partial charge in [-0.15, -0.1) is 0 Å². The number of carbonyl (C=O) groups is 1. The van der Waals surface area contributed by atoms with E-state index in [9.17, 15) is 20.1 Å². The lowest BCUT2D eigenvalue weighted by molar-refractivity contribution is -0.210. The first-order chi connectivity index (χ1) is 15.5. The van der Waals surface area contributed by atoms with Crippen LogP contribution < -0.4 is 0 Å². The van der Waals surface area contributed by atoms with Crippen LogP contribution in [0.1, 0.15) is 96.8 Å². The Morgan fingerprint density at radius 3 is 1.75 bits per heavy atom. The molecule has 1 aliphatic heterocycles. The van der Waals surface area contributed by atoms with E-state index in [1.54, 1.807) is 0 Å². The van der Waals surface area contributed by atoms with Crippen LogP contribution in [0.5, 0.6) is 0 Å². The molecule has 190 valence electrons. The average molecular weight is 463 g/mol. The highest BCUT2D eigenvalue weighted by molar-refractivity contribution is 5.69. The van der Waals surface area contributed by atoms with E-state index in [2.05, 4.69) is 6.92 Å². The Balaban J connectivity index is 2.16. The maximum absolute atomic E-state index is 12.2. The molecule has 0 unspecified atom stereocenters. The van der Waals surface area contributed by atoms with Gasteiger partial charge in [0.15, 0.2) is 12.4 Å². The van der Waals surface area contributed by atoms with Crippen LogP contribution in [0.25, 0.3) is 0 Å². The van der Waals surface area contributed by atoms with Crippen LogP contribution in [-0.4, -0.2) is 76.9 Å². The van der Waals surface area contributed by atoms with E-state index < -0.39 is 43.3 Å². The highest BCUT2D eigenvalue weighted by Gasteiger charge is 2.41. The van der Waals surface area contributed by atoms with Gasteiger partial charge in [-0.2, -0.15) is 0 Å². The molecule has 0 amide bonds. The van der Waals surface area contributed by atoms with Crippen molar-refractivity contribution in [3.8, 4) is 0 Å². The molecule has 1 aliphatic rings. The normalized spacial score (nSPS) is 18.4. The van der Waals surface area contributed by atoms with Gasteiger partial charge in [-0.25, -0.2) is 0 Å². The van der Waals surface area contributed by atoms with Crippen LogP contribution in [0.3, 0.4) is 0 Å². The lowest BCUT2D eigenvalue weighted by atomic mass is 10.0. The molecule has 32 heavy (non-hydrogen) atoms. The second-order valence-electron chi connectivity index (χ2n) is 8.79. The zero-order valence-electron chi connectivity index (χ0n) is 19.8. The van der Waals surface area contributed by atoms with Crippen LogP contribution >= 0.6 is 0 Å². The molecule has 0 aromatic carbocycles. The lowest BCUT2D eigenvalue weighted by Crippen LogP contribution is -2.52. The van der Waals surface area contributed by atoms with E-state index in [0.717, 1.165) is 12.8 Å². The van der Waals surface area contributed by atoms with E-state index in [-0.39, 0.29) is 19.6 Å². The fourth-order valence-corrected chi connectivity index (χ4v) is 3.88. The third-order valence-corrected chi connectivity index (χ3v) is 5.94. The van der Waals surface area contributed by atoms with Gasteiger partial charge in [0, 0.05) is 6.42 Å². The summed E-state index contributed by atoms with van der Waals surface area (Å²) in [6, 6.07) is 0. The van der Waals surface area contributed by atoms with Gasteiger partial charge in [0.25, 0.3) is 0 Å². The third kappa shape index (κ3) is 12.5. The number of unbranched alkanes of at least 4 members (excludes halogenated alkanes) is 12. The fraction of sp³-hybridized carbons (Fsp3) is 0.958. The molecule has 0 spiro atoms. The van der Waals surface area contributed by atoms with Gasteiger partial charge < -0.3 is 34.6 Å².